The number of alkyl halides is 4. The first-order valence-corrected chi connectivity index (χ1v) is 25.3. The summed E-state index contributed by atoms with van der Waals surface area (Å²) in [6, 6.07) is 16.2. The summed E-state index contributed by atoms with van der Waals surface area (Å²) >= 11 is 0. The van der Waals surface area contributed by atoms with Gasteiger partial charge in [-0.05, 0) is 113 Å². The van der Waals surface area contributed by atoms with E-state index in [-0.39, 0.29) is 60.2 Å². The number of methoxy groups -OCH3 is 2. The van der Waals surface area contributed by atoms with Gasteiger partial charge in [0.25, 0.3) is 0 Å². The number of aromatic nitrogens is 6. The molecule has 11 rings (SSSR count). The van der Waals surface area contributed by atoms with E-state index in [1.807, 2.05) is 72.2 Å². The zero-order valence-corrected chi connectivity index (χ0v) is 42.3. The minimum atomic E-state index is -4.96. The first kappa shape index (κ1) is 50.2. The lowest BCUT2D eigenvalue weighted by Crippen LogP contribution is -2.43. The molecule has 394 valence electrons. The highest BCUT2D eigenvalue weighted by Crippen LogP contribution is 2.49. The predicted molar refractivity (Wildman–Crippen MR) is 269 cm³/mol. The number of anilines is 2. The fourth-order valence-electron chi connectivity index (χ4n) is 11.7. The normalized spacial score (nSPS) is 21.3. The number of rotatable bonds is 14. The summed E-state index contributed by atoms with van der Waals surface area (Å²) in [5.41, 5.74) is -0.981. The van der Waals surface area contributed by atoms with Gasteiger partial charge in [-0.3, -0.25) is 4.90 Å². The van der Waals surface area contributed by atoms with E-state index in [4.69, 9.17) is 33.7 Å². The molecular formula is C55H57F6N9O5. The zero-order valence-electron chi connectivity index (χ0n) is 42.3. The first-order chi connectivity index (χ1) is 36.1. The van der Waals surface area contributed by atoms with Crippen LogP contribution in [-0.4, -0.2) is 99.5 Å². The molecule has 0 radical (unpaired) electrons. The molecule has 0 aliphatic carbocycles. The highest BCUT2D eigenvalue weighted by Gasteiger charge is 2.50. The summed E-state index contributed by atoms with van der Waals surface area (Å²) in [7, 11) is 3.18. The van der Waals surface area contributed by atoms with Crippen molar-refractivity contribution in [2.75, 3.05) is 56.9 Å². The second-order valence-electron chi connectivity index (χ2n) is 20.1. The Bertz CT molecular complexity index is 3200. The van der Waals surface area contributed by atoms with Crippen LogP contribution in [0.4, 0.5) is 38.0 Å². The molecule has 1 unspecified atom stereocenters. The minimum absolute atomic E-state index is 0.00504. The SMILES string of the molecule is COc1ccc(CN(Cc2ccc(OC)cc2)c2ncc(F)cc2[C@@H](C)N2c3nc(OC[C@@]45CCCN4C[C@H](F)C5)nc4c(F)c(-c5c(C(F)(F)F)c(C)cc6c5cnn6C5CCCCO5)nc(c34)OC[C@@H]2C)cc1. The van der Waals surface area contributed by atoms with Gasteiger partial charge in [0, 0.05) is 49.2 Å². The quantitative estimate of drug-likeness (QED) is 0.0961. The largest absolute Gasteiger partial charge is 0.497 e. The van der Waals surface area contributed by atoms with Crippen LogP contribution < -0.4 is 28.7 Å². The van der Waals surface area contributed by atoms with Crippen molar-refractivity contribution < 1.29 is 50.0 Å². The third kappa shape index (κ3) is 9.37. The van der Waals surface area contributed by atoms with E-state index >= 15 is 26.3 Å². The smallest absolute Gasteiger partial charge is 0.417 e. The summed E-state index contributed by atoms with van der Waals surface area (Å²) in [4.78, 5) is 24.9. The maximum Gasteiger partial charge on any atom is 0.417 e. The minimum Gasteiger partial charge on any atom is -0.497 e. The number of nitrogens with zero attached hydrogens (tertiary/aromatic N) is 9. The summed E-state index contributed by atoms with van der Waals surface area (Å²) in [5.74, 6) is -0.160. The lowest BCUT2D eigenvalue weighted by Gasteiger charge is -2.37. The third-order valence-electron chi connectivity index (χ3n) is 15.3. The van der Waals surface area contributed by atoms with Crippen LogP contribution >= 0.6 is 0 Å². The van der Waals surface area contributed by atoms with Gasteiger partial charge < -0.3 is 33.5 Å². The topological polar surface area (TPSA) is 125 Å². The molecule has 0 saturated carbocycles. The maximum absolute atomic E-state index is 18.2. The predicted octanol–water partition coefficient (Wildman–Crippen LogP) is 11.3. The van der Waals surface area contributed by atoms with E-state index in [1.165, 1.54) is 25.3 Å². The van der Waals surface area contributed by atoms with Crippen molar-refractivity contribution in [3.8, 4) is 34.6 Å². The highest BCUT2D eigenvalue weighted by molar-refractivity contribution is 6.02. The molecule has 7 aromatic rings. The van der Waals surface area contributed by atoms with E-state index in [9.17, 15) is 0 Å². The fraction of sp³-hybridized carbons (Fsp3) is 0.436. The molecule has 14 nitrogen and oxygen atoms in total. The van der Waals surface area contributed by atoms with E-state index in [2.05, 4.69) is 20.0 Å². The second kappa shape index (κ2) is 20.0. The average Bonchev–Trinajstić information content (AvgIpc) is 4.07. The van der Waals surface area contributed by atoms with Gasteiger partial charge in [0.2, 0.25) is 5.88 Å². The number of fused-ring (bicyclic) bond motifs is 2. The van der Waals surface area contributed by atoms with Crippen molar-refractivity contribution in [1.29, 1.82) is 0 Å². The van der Waals surface area contributed by atoms with Crippen molar-refractivity contribution in [1.82, 2.24) is 34.6 Å². The first-order valence-electron chi connectivity index (χ1n) is 25.3. The zero-order chi connectivity index (χ0) is 52.3. The summed E-state index contributed by atoms with van der Waals surface area (Å²) in [5, 5.41) is 4.49. The maximum atomic E-state index is 18.2. The van der Waals surface area contributed by atoms with Gasteiger partial charge in [0.05, 0.1) is 55.3 Å². The average molecular weight is 1040 g/mol. The molecule has 4 aliphatic rings. The van der Waals surface area contributed by atoms with Gasteiger partial charge in [-0.15, -0.1) is 0 Å². The second-order valence-corrected chi connectivity index (χ2v) is 20.1. The molecule has 20 heteroatoms. The van der Waals surface area contributed by atoms with Crippen molar-refractivity contribution in [2.24, 2.45) is 0 Å². The van der Waals surface area contributed by atoms with Gasteiger partial charge in [-0.2, -0.15) is 28.2 Å². The lowest BCUT2D eigenvalue weighted by atomic mass is 9.94. The number of pyridine rings is 2. The number of ether oxygens (including phenoxy) is 5. The fourth-order valence-corrected chi connectivity index (χ4v) is 11.7. The van der Waals surface area contributed by atoms with Gasteiger partial charge in [-0.25, -0.2) is 27.8 Å². The molecule has 3 saturated heterocycles. The number of benzene rings is 3. The van der Waals surface area contributed by atoms with Crippen LogP contribution in [0.2, 0.25) is 0 Å². The Labute approximate surface area is 429 Å². The molecule has 3 aromatic carbocycles. The summed E-state index contributed by atoms with van der Waals surface area (Å²) in [6.07, 6.45) is -0.202. The van der Waals surface area contributed by atoms with Crippen molar-refractivity contribution in [2.45, 2.75) is 109 Å². The van der Waals surface area contributed by atoms with Crippen molar-refractivity contribution >= 4 is 33.4 Å². The Hall–Kier alpha value is -6.93. The Balaban J connectivity index is 1.09. The van der Waals surface area contributed by atoms with Gasteiger partial charge in [-0.1, -0.05) is 24.3 Å². The Morgan fingerprint density at radius 2 is 1.64 bits per heavy atom. The van der Waals surface area contributed by atoms with Gasteiger partial charge in [0.15, 0.2) is 12.0 Å². The number of hydrogen-bond acceptors (Lipinski definition) is 13. The van der Waals surface area contributed by atoms with Gasteiger partial charge >= 0.3 is 12.2 Å². The van der Waals surface area contributed by atoms with E-state index in [1.54, 1.807) is 18.9 Å². The molecule has 8 heterocycles. The Kier molecular flexibility index (Phi) is 13.4. The molecule has 4 aromatic heterocycles. The van der Waals surface area contributed by atoms with Crippen LogP contribution in [0.1, 0.15) is 92.5 Å². The van der Waals surface area contributed by atoms with Crippen LogP contribution in [0.25, 0.3) is 33.1 Å². The molecule has 5 atom stereocenters. The van der Waals surface area contributed by atoms with Crippen molar-refractivity contribution in [3.63, 3.8) is 0 Å². The lowest BCUT2D eigenvalue weighted by molar-refractivity contribution is -0.137. The van der Waals surface area contributed by atoms with Crippen molar-refractivity contribution in [3.05, 3.63) is 113 Å². The number of aryl methyl sites for hydroxylation is 1. The molecule has 0 amide bonds. The Morgan fingerprint density at radius 1 is 0.920 bits per heavy atom. The number of halogens is 6. The molecule has 0 bridgehead atoms. The Morgan fingerprint density at radius 3 is 2.31 bits per heavy atom. The third-order valence-corrected chi connectivity index (χ3v) is 15.3. The van der Waals surface area contributed by atoms with Crippen LogP contribution in [-0.2, 0) is 24.0 Å². The number of hydrogen-bond donors (Lipinski definition) is 0. The highest BCUT2D eigenvalue weighted by atomic mass is 19.4. The molecule has 0 N–H and O–H groups in total. The monoisotopic (exact) mass is 1040 g/mol. The van der Waals surface area contributed by atoms with E-state index < -0.39 is 70.2 Å². The van der Waals surface area contributed by atoms with E-state index in [0.717, 1.165) is 36.6 Å². The summed E-state index contributed by atoms with van der Waals surface area (Å²) < 4.78 is 127. The standard InChI is InChI=1S/C55H57F6N9O5/c1-31-21-42-41(25-63-70(42)43-9-6-7-20-73-43)44(46(31)55(59,60)61)48-47(58)49-45-51(66-53(65-49)75-30-54-18-8-19-68(54)28-37(57)23-54)69(32(2)29-74-52(45)64-48)33(3)40-22-36(56)24-62-50(40)67(26-34-10-14-38(71-4)15-11-34)27-35-12-16-39(72-5)17-13-35/h10-17,21-22,24-25,32-33,37,43H,6-9,18-20,23,26-30H2,1-5H3/t32-,33+,37+,43?,54-/m0/s1. The molecule has 4 aliphatic heterocycles. The molecule has 3 fully saturated rings. The molecular weight excluding hydrogens is 981 g/mol. The molecule has 0 spiro atoms. The van der Waals surface area contributed by atoms with Crippen LogP contribution in [0.3, 0.4) is 0 Å². The molecule has 75 heavy (non-hydrogen) atoms. The van der Waals surface area contributed by atoms with E-state index in [0.29, 0.717) is 67.5 Å². The van der Waals surface area contributed by atoms with Crippen LogP contribution in [0.5, 0.6) is 23.4 Å². The van der Waals surface area contributed by atoms with Crippen LogP contribution in [0, 0.1) is 18.6 Å². The van der Waals surface area contributed by atoms with Gasteiger partial charge in [0.1, 0.15) is 64.9 Å². The van der Waals surface area contributed by atoms with Crippen LogP contribution in [0.15, 0.2) is 73.1 Å². The summed E-state index contributed by atoms with van der Waals surface area (Å²) in [6.45, 7) is 6.90.